The summed E-state index contributed by atoms with van der Waals surface area (Å²) in [6, 6.07) is 4.82. The Morgan fingerprint density at radius 1 is 1.21 bits per heavy atom. The van der Waals surface area contributed by atoms with Gasteiger partial charge >= 0.3 is 0 Å². The van der Waals surface area contributed by atoms with Gasteiger partial charge in [-0.05, 0) is 43.4 Å². The summed E-state index contributed by atoms with van der Waals surface area (Å²) in [5.74, 6) is 0.283. The maximum atomic E-state index is 12.8. The highest BCUT2D eigenvalue weighted by atomic mass is 32.2. The third-order valence-corrected chi connectivity index (χ3v) is 7.72. The Balaban J connectivity index is 1.98. The number of hydrogen-bond donors (Lipinski definition) is 1. The highest BCUT2D eigenvalue weighted by Crippen LogP contribution is 2.26. The van der Waals surface area contributed by atoms with Gasteiger partial charge in [0.15, 0.2) is 0 Å². The number of hydrogen-bond acceptors (Lipinski definition) is 4. The van der Waals surface area contributed by atoms with E-state index >= 15 is 0 Å². The number of nitrogens with zero attached hydrogens (tertiary/aromatic N) is 1. The van der Waals surface area contributed by atoms with E-state index in [2.05, 4.69) is 12.2 Å². The SMILES string of the molecule is CCN(CC)S(=O)(=O)c1cc(C(=O)NCCOC2CCCCC2C)ccc1C. The molecule has 0 saturated heterocycles. The van der Waals surface area contributed by atoms with Gasteiger partial charge in [-0.1, -0.05) is 39.7 Å². The molecule has 28 heavy (non-hydrogen) atoms. The molecule has 0 heterocycles. The lowest BCUT2D eigenvalue weighted by molar-refractivity contribution is -0.00293. The number of nitrogens with one attached hydrogen (secondary N) is 1. The number of carbonyl (C=O) groups excluding carboxylic acids is 1. The fourth-order valence-corrected chi connectivity index (χ4v) is 5.44. The molecule has 1 aromatic carbocycles. The van der Waals surface area contributed by atoms with Gasteiger partial charge in [0.1, 0.15) is 0 Å². The first-order valence-electron chi connectivity index (χ1n) is 10.3. The van der Waals surface area contributed by atoms with Gasteiger partial charge in [-0.15, -0.1) is 0 Å². The van der Waals surface area contributed by atoms with Gasteiger partial charge in [-0.25, -0.2) is 8.42 Å². The minimum Gasteiger partial charge on any atom is -0.376 e. The summed E-state index contributed by atoms with van der Waals surface area (Å²) < 4.78 is 33.0. The maximum Gasteiger partial charge on any atom is 0.251 e. The van der Waals surface area contributed by atoms with Gasteiger partial charge in [0.25, 0.3) is 5.91 Å². The second-order valence-corrected chi connectivity index (χ2v) is 9.40. The van der Waals surface area contributed by atoms with Gasteiger partial charge in [0, 0.05) is 25.2 Å². The monoisotopic (exact) mass is 410 g/mol. The van der Waals surface area contributed by atoms with Crippen molar-refractivity contribution in [2.24, 2.45) is 5.92 Å². The molecule has 1 aliphatic carbocycles. The van der Waals surface area contributed by atoms with Crippen molar-refractivity contribution < 1.29 is 17.9 Å². The number of aryl methyl sites for hydroxylation is 1. The lowest BCUT2D eigenvalue weighted by Crippen LogP contribution is -2.33. The summed E-state index contributed by atoms with van der Waals surface area (Å²) in [5, 5.41) is 2.84. The Hall–Kier alpha value is -1.44. The Morgan fingerprint density at radius 2 is 1.89 bits per heavy atom. The Bertz CT molecular complexity index is 760. The molecule has 0 spiro atoms. The zero-order valence-corrected chi connectivity index (χ0v) is 18.3. The highest BCUT2D eigenvalue weighted by Gasteiger charge is 2.25. The second kappa shape index (κ2) is 10.4. The van der Waals surface area contributed by atoms with Crippen molar-refractivity contribution in [1.29, 1.82) is 0 Å². The van der Waals surface area contributed by atoms with E-state index in [1.165, 1.54) is 29.6 Å². The van der Waals surface area contributed by atoms with Crippen molar-refractivity contribution in [3.8, 4) is 0 Å². The summed E-state index contributed by atoms with van der Waals surface area (Å²) in [6.45, 7) is 9.24. The van der Waals surface area contributed by atoms with Crippen molar-refractivity contribution in [2.45, 2.75) is 64.4 Å². The Labute approximate surface area is 169 Å². The predicted octanol–water partition coefficient (Wildman–Crippen LogP) is 3.35. The molecule has 0 aromatic heterocycles. The topological polar surface area (TPSA) is 75.7 Å². The van der Waals surface area contributed by atoms with E-state index in [4.69, 9.17) is 4.74 Å². The minimum atomic E-state index is -3.61. The van der Waals surface area contributed by atoms with Crippen LogP contribution in [0.4, 0.5) is 0 Å². The standard InChI is InChI=1S/C21H34N2O4S/c1-5-23(6-2)28(25,26)20-15-18(12-11-17(20)4)21(24)22-13-14-27-19-10-8-7-9-16(19)3/h11-12,15-16,19H,5-10,13-14H2,1-4H3,(H,22,24). The van der Waals surface area contributed by atoms with E-state index in [0.29, 0.717) is 43.3 Å². The Morgan fingerprint density at radius 3 is 2.54 bits per heavy atom. The molecule has 0 radical (unpaired) electrons. The smallest absolute Gasteiger partial charge is 0.251 e. The molecule has 1 fully saturated rings. The summed E-state index contributed by atoms with van der Waals surface area (Å²) in [5.41, 5.74) is 0.987. The number of amides is 1. The molecule has 2 atom stereocenters. The molecule has 1 amide bonds. The molecule has 158 valence electrons. The first-order chi connectivity index (χ1) is 13.3. The lowest BCUT2D eigenvalue weighted by atomic mass is 9.88. The fourth-order valence-electron chi connectivity index (χ4n) is 3.73. The molecule has 7 heteroatoms. The second-order valence-electron chi connectivity index (χ2n) is 7.50. The molecule has 1 aliphatic rings. The van der Waals surface area contributed by atoms with Crippen molar-refractivity contribution in [2.75, 3.05) is 26.2 Å². The van der Waals surface area contributed by atoms with Gasteiger partial charge < -0.3 is 10.1 Å². The summed E-state index contributed by atoms with van der Waals surface area (Å²) in [7, 11) is -3.61. The molecule has 0 bridgehead atoms. The minimum absolute atomic E-state index is 0.191. The van der Waals surface area contributed by atoms with Crippen molar-refractivity contribution in [1.82, 2.24) is 9.62 Å². The van der Waals surface area contributed by atoms with Gasteiger partial charge in [0.2, 0.25) is 10.0 Å². The third kappa shape index (κ3) is 5.55. The van der Waals surface area contributed by atoms with Crippen molar-refractivity contribution >= 4 is 15.9 Å². The van der Waals surface area contributed by atoms with Crippen LogP contribution in [0.5, 0.6) is 0 Å². The van der Waals surface area contributed by atoms with Crippen LogP contribution >= 0.6 is 0 Å². The molecule has 1 saturated carbocycles. The molecule has 1 aromatic rings. The average molecular weight is 411 g/mol. The van der Waals surface area contributed by atoms with Crippen molar-refractivity contribution in [3.63, 3.8) is 0 Å². The molecule has 2 rings (SSSR count). The maximum absolute atomic E-state index is 12.8. The van der Waals surface area contributed by atoms with Crippen LogP contribution in [0.15, 0.2) is 23.1 Å². The molecular formula is C21H34N2O4S. The van der Waals surface area contributed by atoms with Crippen LogP contribution in [0.25, 0.3) is 0 Å². The highest BCUT2D eigenvalue weighted by molar-refractivity contribution is 7.89. The zero-order valence-electron chi connectivity index (χ0n) is 17.5. The quantitative estimate of drug-likeness (QED) is 0.634. The van der Waals surface area contributed by atoms with Crippen LogP contribution in [-0.4, -0.2) is 51.0 Å². The molecule has 0 aliphatic heterocycles. The zero-order chi connectivity index (χ0) is 20.7. The fraction of sp³-hybridized carbons (Fsp3) is 0.667. The van der Waals surface area contributed by atoms with Crippen LogP contribution in [0.2, 0.25) is 0 Å². The number of ether oxygens (including phenoxy) is 1. The number of carbonyl (C=O) groups is 1. The normalized spacial score (nSPS) is 20.3. The predicted molar refractivity (Wildman–Crippen MR) is 111 cm³/mol. The van der Waals surface area contributed by atoms with Crippen LogP contribution in [-0.2, 0) is 14.8 Å². The van der Waals surface area contributed by atoms with E-state index in [1.807, 2.05) is 0 Å². The van der Waals surface area contributed by atoms with Crippen LogP contribution < -0.4 is 5.32 Å². The number of sulfonamides is 1. The van der Waals surface area contributed by atoms with Crippen LogP contribution in [0, 0.1) is 12.8 Å². The van der Waals surface area contributed by atoms with Gasteiger partial charge in [-0.3, -0.25) is 4.79 Å². The summed E-state index contributed by atoms with van der Waals surface area (Å²) >= 11 is 0. The van der Waals surface area contributed by atoms with Crippen LogP contribution in [0.1, 0.15) is 62.4 Å². The molecule has 1 N–H and O–H groups in total. The third-order valence-electron chi connectivity index (χ3n) is 5.53. The van der Waals surface area contributed by atoms with Crippen LogP contribution in [0.3, 0.4) is 0 Å². The first-order valence-corrected chi connectivity index (χ1v) is 11.8. The van der Waals surface area contributed by atoms with E-state index in [1.54, 1.807) is 32.9 Å². The number of rotatable bonds is 9. The molecule has 6 nitrogen and oxygen atoms in total. The van der Waals surface area contributed by atoms with E-state index in [-0.39, 0.29) is 16.9 Å². The van der Waals surface area contributed by atoms with E-state index in [9.17, 15) is 13.2 Å². The average Bonchev–Trinajstić information content (AvgIpc) is 2.67. The molecule has 2 unspecified atom stereocenters. The largest absolute Gasteiger partial charge is 0.376 e. The lowest BCUT2D eigenvalue weighted by Gasteiger charge is -2.28. The Kier molecular flexibility index (Phi) is 8.46. The van der Waals surface area contributed by atoms with Crippen molar-refractivity contribution in [3.05, 3.63) is 29.3 Å². The van der Waals surface area contributed by atoms with Gasteiger partial charge in [0.05, 0.1) is 17.6 Å². The van der Waals surface area contributed by atoms with E-state index < -0.39 is 10.0 Å². The van der Waals surface area contributed by atoms with Gasteiger partial charge in [-0.2, -0.15) is 4.31 Å². The molecular weight excluding hydrogens is 376 g/mol. The van der Waals surface area contributed by atoms with E-state index in [0.717, 1.165) is 6.42 Å². The summed E-state index contributed by atoms with van der Waals surface area (Å²) in [6.07, 6.45) is 5.03. The number of benzene rings is 1. The first kappa shape index (κ1) is 22.8. The summed E-state index contributed by atoms with van der Waals surface area (Å²) in [4.78, 5) is 12.7.